The summed E-state index contributed by atoms with van der Waals surface area (Å²) in [5, 5.41) is 21.3. The SMILES string of the molecule is Cc1cc(=O)c2c(O)c3c(cc2o1)O[C@@]1(C)CCSSCc2c(cc(CN4C=C5N=CC=C5C4)nc2N)-c2cc(cc(N)n2)CC[C@H]2O[C@]2(CCCO)C(=O)O[C@@H]1C3. The fourth-order valence-corrected chi connectivity index (χ4v) is 10.8. The van der Waals surface area contributed by atoms with Gasteiger partial charge in [-0.2, -0.15) is 0 Å². The van der Waals surface area contributed by atoms with E-state index in [4.69, 9.17) is 40.1 Å². The van der Waals surface area contributed by atoms with Crippen LogP contribution in [0.3, 0.4) is 0 Å². The second-order valence-corrected chi connectivity index (χ2v) is 18.3. The quantitative estimate of drug-likeness (QED) is 0.111. The number of phenolic OH excluding ortho intramolecular Hbond substituents is 1. The Hall–Kier alpha value is -5.03. The molecular weight excluding hydrogens is 781 g/mol. The van der Waals surface area contributed by atoms with Crippen molar-refractivity contribution in [3.05, 3.63) is 92.2 Å². The second-order valence-electron chi connectivity index (χ2n) is 15.7. The minimum Gasteiger partial charge on any atom is -0.507 e. The first-order chi connectivity index (χ1) is 27.9. The molecule has 0 unspecified atom stereocenters. The number of nitrogen functional groups attached to an aromatic ring is 2. The van der Waals surface area contributed by atoms with Crippen molar-refractivity contribution in [2.45, 2.75) is 88.1 Å². The molecule has 16 heteroatoms. The zero-order chi connectivity index (χ0) is 40.3. The minimum atomic E-state index is -1.27. The number of aliphatic hydroxyl groups excluding tert-OH is 1. The molecule has 1 aromatic carbocycles. The molecule has 302 valence electrons. The van der Waals surface area contributed by atoms with Crippen LogP contribution in [0.4, 0.5) is 11.6 Å². The number of carbonyl (C=O) groups is 1. The standard InChI is InChI=1S/C42H44N6O8S2/c1-22-12-31(50)37-33(53-22)17-32-27(38(37)51)16-35-41(2,55-32)8-11-57-58-21-28-26(15-25(46-39(28)44)19-48-18-24-6-9-45-30(24)20-48)29-13-23(14-36(43)47-29)4-5-34-42(56-34,7-3-10-49)40(52)54-35/h6,9,12-15,17,20,34-35,49,51H,3-5,7-8,10-11,16,18-19,21H2,1-2H3,(H2,43,47)(H2,44,46)/t34-,35-,41+,42+/m1/s1. The van der Waals surface area contributed by atoms with E-state index in [1.54, 1.807) is 34.6 Å². The highest BCUT2D eigenvalue weighted by Crippen LogP contribution is 2.49. The van der Waals surface area contributed by atoms with E-state index < -0.39 is 29.4 Å². The molecule has 0 aliphatic carbocycles. The van der Waals surface area contributed by atoms with Crippen LogP contribution in [0.2, 0.25) is 0 Å². The predicted octanol–water partition coefficient (Wildman–Crippen LogP) is 5.53. The third-order valence-corrected chi connectivity index (χ3v) is 13.9. The van der Waals surface area contributed by atoms with E-state index in [9.17, 15) is 19.8 Å². The van der Waals surface area contributed by atoms with E-state index in [1.807, 2.05) is 43.6 Å². The Morgan fingerprint density at radius 1 is 1.07 bits per heavy atom. The van der Waals surface area contributed by atoms with Crippen molar-refractivity contribution in [3.63, 3.8) is 0 Å². The molecule has 0 saturated carbocycles. The van der Waals surface area contributed by atoms with E-state index in [0.717, 1.165) is 34.6 Å². The number of aromatic hydroxyl groups is 1. The fraction of sp³-hybridized carbons (Fsp3) is 0.405. The van der Waals surface area contributed by atoms with Gasteiger partial charge in [0.2, 0.25) is 0 Å². The number of nitrogens with two attached hydrogens (primary N) is 2. The van der Waals surface area contributed by atoms with Gasteiger partial charge in [-0.25, -0.2) is 14.8 Å². The molecule has 1 fully saturated rings. The van der Waals surface area contributed by atoms with E-state index in [0.29, 0.717) is 78.1 Å². The van der Waals surface area contributed by atoms with Gasteiger partial charge in [-0.15, -0.1) is 0 Å². The number of aryl methyl sites for hydroxylation is 2. The molecule has 8 heterocycles. The van der Waals surface area contributed by atoms with Crippen LogP contribution in [0.15, 0.2) is 68.1 Å². The largest absolute Gasteiger partial charge is 0.507 e. The molecule has 6 N–H and O–H groups in total. The molecular formula is C42H44N6O8S2. The van der Waals surface area contributed by atoms with E-state index in [-0.39, 0.29) is 41.6 Å². The first-order valence-corrected chi connectivity index (χ1v) is 21.9. The molecule has 4 aromatic rings. The normalized spacial score (nSPS) is 25.2. The molecule has 5 aliphatic rings. The summed E-state index contributed by atoms with van der Waals surface area (Å²) in [5.41, 5.74) is 17.3. The summed E-state index contributed by atoms with van der Waals surface area (Å²) in [6.45, 7) is 4.72. The number of hydrogen-bond acceptors (Lipinski definition) is 16. The van der Waals surface area contributed by atoms with E-state index >= 15 is 0 Å². The Bertz CT molecular complexity index is 2510. The molecule has 0 spiro atoms. The number of phenols is 1. The maximum Gasteiger partial charge on any atom is 0.341 e. The Labute approximate surface area is 342 Å². The van der Waals surface area contributed by atoms with Crippen LogP contribution in [-0.4, -0.2) is 79.6 Å². The molecule has 14 nitrogen and oxygen atoms in total. The van der Waals surface area contributed by atoms with Gasteiger partial charge in [-0.1, -0.05) is 21.6 Å². The molecule has 9 rings (SSSR count). The molecule has 4 atom stereocenters. The third-order valence-electron chi connectivity index (χ3n) is 11.6. The van der Waals surface area contributed by atoms with Crippen molar-refractivity contribution in [1.29, 1.82) is 0 Å². The zero-order valence-corrected chi connectivity index (χ0v) is 33.8. The lowest BCUT2D eigenvalue weighted by Crippen LogP contribution is -2.53. The van der Waals surface area contributed by atoms with Gasteiger partial charge in [0.15, 0.2) is 11.0 Å². The van der Waals surface area contributed by atoms with Crippen LogP contribution in [0.5, 0.6) is 11.5 Å². The highest BCUT2D eigenvalue weighted by Gasteiger charge is 2.63. The Morgan fingerprint density at radius 3 is 2.76 bits per heavy atom. The lowest BCUT2D eigenvalue weighted by atomic mass is 9.86. The van der Waals surface area contributed by atoms with Gasteiger partial charge >= 0.3 is 5.97 Å². The molecule has 0 amide bonds. The van der Waals surface area contributed by atoms with Crippen LogP contribution in [-0.2, 0) is 39.4 Å². The van der Waals surface area contributed by atoms with E-state index in [1.165, 1.54) is 11.6 Å². The Kier molecular flexibility index (Phi) is 9.93. The number of aliphatic imine (C=N–C) groups is 1. The summed E-state index contributed by atoms with van der Waals surface area (Å²) in [4.78, 5) is 43.5. The number of epoxide rings is 1. The second kappa shape index (κ2) is 15.0. The molecule has 1 saturated heterocycles. The van der Waals surface area contributed by atoms with Gasteiger partial charge < -0.3 is 45.2 Å². The summed E-state index contributed by atoms with van der Waals surface area (Å²) in [6, 6.07) is 8.85. The molecule has 0 radical (unpaired) electrons. The first kappa shape index (κ1) is 38.5. The average molecular weight is 825 g/mol. The number of aliphatic hydroxyl groups is 1. The van der Waals surface area contributed by atoms with Gasteiger partial charge in [0, 0.05) is 84.3 Å². The summed E-state index contributed by atoms with van der Waals surface area (Å²) in [7, 11) is 3.24. The van der Waals surface area contributed by atoms with Crippen LogP contribution in [0.25, 0.3) is 22.2 Å². The van der Waals surface area contributed by atoms with E-state index in [2.05, 4.69) is 9.89 Å². The predicted molar refractivity (Wildman–Crippen MR) is 223 cm³/mol. The number of anilines is 2. The number of nitrogens with zero attached hydrogens (tertiary/aromatic N) is 4. The van der Waals surface area contributed by atoms with Crippen LogP contribution in [0.1, 0.15) is 60.8 Å². The Balaban J connectivity index is 1.06. The highest BCUT2D eigenvalue weighted by molar-refractivity contribution is 8.76. The number of carbonyl (C=O) groups excluding carboxylic acids is 1. The van der Waals surface area contributed by atoms with Crippen molar-refractivity contribution in [2.24, 2.45) is 4.99 Å². The number of fused-ring (bicyclic) bond motifs is 9. The topological polar surface area (TPSA) is 212 Å². The lowest BCUT2D eigenvalue weighted by Gasteiger charge is -2.42. The highest BCUT2D eigenvalue weighted by atomic mass is 33.1. The summed E-state index contributed by atoms with van der Waals surface area (Å²) < 4.78 is 25.1. The number of benzene rings is 1. The van der Waals surface area contributed by atoms with Gasteiger partial charge in [-0.05, 0) is 69.4 Å². The number of rotatable bonds is 5. The maximum absolute atomic E-state index is 14.3. The first-order valence-electron chi connectivity index (χ1n) is 19.4. The summed E-state index contributed by atoms with van der Waals surface area (Å²) >= 11 is 0. The molecule has 2 bridgehead atoms. The van der Waals surface area contributed by atoms with Crippen LogP contribution >= 0.6 is 21.6 Å². The van der Waals surface area contributed by atoms with Gasteiger partial charge in [0.1, 0.15) is 51.6 Å². The summed E-state index contributed by atoms with van der Waals surface area (Å²) in [5.74, 6) is 1.86. The average Bonchev–Trinajstić information content (AvgIpc) is 3.49. The van der Waals surface area contributed by atoms with Crippen molar-refractivity contribution in [2.75, 3.05) is 30.4 Å². The third kappa shape index (κ3) is 7.09. The number of pyridine rings is 2. The van der Waals surface area contributed by atoms with Crippen molar-refractivity contribution in [1.82, 2.24) is 14.9 Å². The zero-order valence-electron chi connectivity index (χ0n) is 32.2. The number of esters is 1. The van der Waals surface area contributed by atoms with Gasteiger partial charge in [-0.3, -0.25) is 9.79 Å². The van der Waals surface area contributed by atoms with Crippen molar-refractivity contribution >= 4 is 56.4 Å². The molecule has 58 heavy (non-hydrogen) atoms. The molecule has 5 aliphatic heterocycles. The fourth-order valence-electron chi connectivity index (χ4n) is 8.48. The lowest BCUT2D eigenvalue weighted by molar-refractivity contribution is -0.169. The number of allylic oxidation sites excluding steroid dienone is 1. The minimum absolute atomic E-state index is 0.0455. The summed E-state index contributed by atoms with van der Waals surface area (Å²) in [6.07, 6.45) is 6.73. The van der Waals surface area contributed by atoms with Gasteiger partial charge in [0.05, 0.1) is 29.7 Å². The van der Waals surface area contributed by atoms with Crippen molar-refractivity contribution in [3.8, 4) is 22.8 Å². The number of ether oxygens (including phenoxy) is 3. The van der Waals surface area contributed by atoms with Gasteiger partial charge in [0.25, 0.3) is 0 Å². The van der Waals surface area contributed by atoms with Crippen LogP contribution < -0.4 is 21.6 Å². The smallest absolute Gasteiger partial charge is 0.341 e. The van der Waals surface area contributed by atoms with Crippen molar-refractivity contribution < 1.29 is 33.6 Å². The number of aromatic nitrogens is 2. The molecule has 3 aromatic heterocycles. The monoisotopic (exact) mass is 824 g/mol. The number of hydrogen-bond donors (Lipinski definition) is 4. The Morgan fingerprint density at radius 2 is 1.93 bits per heavy atom. The van der Waals surface area contributed by atoms with Crippen LogP contribution in [0, 0.1) is 6.92 Å². The maximum atomic E-state index is 14.3.